The summed E-state index contributed by atoms with van der Waals surface area (Å²) in [5.74, 6) is 1.86. The van der Waals surface area contributed by atoms with Crippen LogP contribution in [0.25, 0.3) is 0 Å². The molecule has 0 N–H and O–H groups in total. The first-order valence-electron chi connectivity index (χ1n) is 7.36. The van der Waals surface area contributed by atoms with Crippen LogP contribution >= 0.6 is 0 Å². The van der Waals surface area contributed by atoms with Crippen LogP contribution in [0.15, 0.2) is 0 Å². The molecule has 0 heterocycles. The van der Waals surface area contributed by atoms with E-state index in [2.05, 4.69) is 41.5 Å². The van der Waals surface area contributed by atoms with Crippen molar-refractivity contribution in [1.29, 1.82) is 0 Å². The molecule has 0 spiro atoms. The minimum atomic E-state index is 0. The zero-order valence-electron chi connectivity index (χ0n) is 12.7. The minimum Gasteiger partial charge on any atom is -0.102 e. The molecule has 0 fully saturated rings. The van der Waals surface area contributed by atoms with E-state index in [1.54, 1.807) is 0 Å². The molecule has 0 aliphatic carbocycles. The molecule has 0 saturated heterocycles. The van der Waals surface area contributed by atoms with Gasteiger partial charge in [-0.3, -0.25) is 0 Å². The van der Waals surface area contributed by atoms with Crippen molar-refractivity contribution in [3.8, 4) is 0 Å². The van der Waals surface area contributed by atoms with Crippen LogP contribution in [0.1, 0.15) is 75.1 Å². The van der Waals surface area contributed by atoms with E-state index in [-0.39, 0.29) is 1.43 Å². The van der Waals surface area contributed by atoms with E-state index in [4.69, 9.17) is 0 Å². The van der Waals surface area contributed by atoms with Gasteiger partial charge in [0.1, 0.15) is 0 Å². The van der Waals surface area contributed by atoms with Gasteiger partial charge in [0.2, 0.25) is 15.2 Å². The van der Waals surface area contributed by atoms with Gasteiger partial charge >= 0.3 is 0 Å². The van der Waals surface area contributed by atoms with Crippen LogP contribution in [0.3, 0.4) is 0 Å². The molecule has 0 nitrogen and oxygen atoms in total. The molecular formula is C15H36Al. The lowest BCUT2D eigenvalue weighted by Gasteiger charge is -2.03. The Morgan fingerprint density at radius 1 is 0.750 bits per heavy atom. The van der Waals surface area contributed by atoms with E-state index < -0.39 is 0 Å². The molecule has 16 heavy (non-hydrogen) atoms. The van der Waals surface area contributed by atoms with E-state index >= 15 is 0 Å². The highest BCUT2D eigenvalue weighted by molar-refractivity contribution is 6.35. The lowest BCUT2D eigenvalue weighted by atomic mass is 10.2. The number of unbranched alkanes of at least 4 members (excludes halogenated alkanes) is 4. The Balaban J connectivity index is -0.000000224. The Morgan fingerprint density at radius 3 is 1.38 bits per heavy atom. The summed E-state index contributed by atoms with van der Waals surface area (Å²) in [6.45, 7) is 13.7. The monoisotopic (exact) mass is 243 g/mol. The summed E-state index contributed by atoms with van der Waals surface area (Å²) in [5, 5.41) is 2.97. The minimum absolute atomic E-state index is 0. The average Bonchev–Trinajstić information content (AvgIpc) is 2.18. The lowest BCUT2D eigenvalue weighted by molar-refractivity contribution is 0.656. The quantitative estimate of drug-likeness (QED) is 0.359. The van der Waals surface area contributed by atoms with Gasteiger partial charge in [-0.1, -0.05) is 85.5 Å². The third-order valence-corrected chi connectivity index (χ3v) is 5.04. The summed E-state index contributed by atoms with van der Waals surface area (Å²) in [4.78, 5) is 0. The lowest BCUT2D eigenvalue weighted by Crippen LogP contribution is -1.99. The second kappa shape index (κ2) is 15.5. The first-order chi connectivity index (χ1) is 7.54. The summed E-state index contributed by atoms with van der Waals surface area (Å²) >= 11 is 0.755. The molecule has 1 heteroatoms. The van der Waals surface area contributed by atoms with Crippen molar-refractivity contribution in [3.05, 3.63) is 0 Å². The van der Waals surface area contributed by atoms with Gasteiger partial charge in [0, 0.05) is 1.43 Å². The molecule has 0 aromatic carbocycles. The molecule has 0 bridgehead atoms. The highest BCUT2D eigenvalue weighted by atomic mass is 27.1. The number of rotatable bonds is 8. The van der Waals surface area contributed by atoms with Crippen LogP contribution in [0, 0.1) is 11.8 Å². The Morgan fingerprint density at radius 2 is 1.12 bits per heavy atom. The van der Waals surface area contributed by atoms with Gasteiger partial charge in [-0.05, 0) is 0 Å². The van der Waals surface area contributed by atoms with Gasteiger partial charge < -0.3 is 0 Å². The maximum absolute atomic E-state index is 2.31. The van der Waals surface area contributed by atoms with Crippen LogP contribution in [-0.4, -0.2) is 15.2 Å². The molecule has 0 aliphatic heterocycles. The maximum Gasteiger partial charge on any atom is 0.200 e. The van der Waals surface area contributed by atoms with Crippen molar-refractivity contribution >= 4 is 15.2 Å². The van der Waals surface area contributed by atoms with Gasteiger partial charge in [-0.2, -0.15) is 0 Å². The Kier molecular flexibility index (Phi) is 18.3. The van der Waals surface area contributed by atoms with Crippen LogP contribution in [-0.2, 0) is 0 Å². The molecule has 1 radical (unpaired) electrons. The van der Waals surface area contributed by atoms with Crippen molar-refractivity contribution in [2.75, 3.05) is 0 Å². The van der Waals surface area contributed by atoms with Crippen molar-refractivity contribution < 1.29 is 1.43 Å². The van der Waals surface area contributed by atoms with Gasteiger partial charge in [0.05, 0.1) is 0 Å². The van der Waals surface area contributed by atoms with Gasteiger partial charge in [-0.25, -0.2) is 0 Å². The summed E-state index contributed by atoms with van der Waals surface area (Å²) in [6, 6.07) is 0. The summed E-state index contributed by atoms with van der Waals surface area (Å²) in [7, 11) is 0. The largest absolute Gasteiger partial charge is 0.200 e. The molecule has 0 aromatic rings. The third-order valence-electron chi connectivity index (χ3n) is 2.48. The fraction of sp³-hybridized carbons (Fsp3) is 1.00. The van der Waals surface area contributed by atoms with Crippen molar-refractivity contribution in [3.63, 3.8) is 0 Å². The highest BCUT2D eigenvalue weighted by Crippen LogP contribution is 2.05. The Labute approximate surface area is 113 Å². The first-order valence-corrected chi connectivity index (χ1v) is 8.99. The summed E-state index contributed by atoms with van der Waals surface area (Å²) < 4.78 is 0. The fourth-order valence-corrected chi connectivity index (χ4v) is 2.97. The average molecular weight is 243 g/mol. The van der Waals surface area contributed by atoms with Crippen LogP contribution in [0.4, 0.5) is 0 Å². The van der Waals surface area contributed by atoms with Crippen LogP contribution < -0.4 is 0 Å². The molecule has 0 saturated carbocycles. The first kappa shape index (κ1) is 18.9. The van der Waals surface area contributed by atoms with Crippen LogP contribution in [0.5, 0.6) is 0 Å². The van der Waals surface area contributed by atoms with Crippen LogP contribution in [0.2, 0.25) is 10.6 Å². The van der Waals surface area contributed by atoms with Gasteiger partial charge in [0.15, 0.2) is 0 Å². The highest BCUT2D eigenvalue weighted by Gasteiger charge is 1.98. The SMILES string of the molecule is CC(C)[CH2][Al][CH2]C(C)C.CCCCCCC.[HH]. The zero-order valence-corrected chi connectivity index (χ0v) is 13.8. The van der Waals surface area contributed by atoms with E-state index in [1.807, 2.05) is 0 Å². The molecular weight excluding hydrogens is 207 g/mol. The zero-order chi connectivity index (χ0) is 12.8. The standard InChI is InChI=1S/C7H16.2C4H9.Al.H2/c1-3-5-7-6-4-2;2*1-4(2)3;;/h3-7H2,1-2H3;2*4H,1H2,2-3H3;;1H. The molecule has 0 amide bonds. The normalized spacial score (nSPS) is 10.2. The summed E-state index contributed by atoms with van der Waals surface area (Å²) in [6.07, 6.45) is 7.01. The molecule has 0 atom stereocenters. The molecule has 99 valence electrons. The van der Waals surface area contributed by atoms with E-state index in [9.17, 15) is 0 Å². The predicted octanol–water partition coefficient (Wildman–Crippen LogP) is 6.06. The smallest absolute Gasteiger partial charge is 0.102 e. The Hall–Kier alpha value is 0.532. The van der Waals surface area contributed by atoms with Gasteiger partial charge in [-0.15, -0.1) is 10.6 Å². The Bertz CT molecular complexity index is 101. The maximum atomic E-state index is 2.31. The molecule has 0 aromatic heterocycles. The second-order valence-corrected chi connectivity index (χ2v) is 7.13. The van der Waals surface area contributed by atoms with Crippen molar-refractivity contribution in [1.82, 2.24) is 0 Å². The number of hydrogen-bond acceptors (Lipinski definition) is 0. The van der Waals surface area contributed by atoms with E-state index in [0.29, 0.717) is 0 Å². The van der Waals surface area contributed by atoms with Crippen molar-refractivity contribution in [2.24, 2.45) is 11.8 Å². The summed E-state index contributed by atoms with van der Waals surface area (Å²) in [5.41, 5.74) is 0. The fourth-order valence-electron chi connectivity index (χ4n) is 1.44. The molecule has 0 unspecified atom stereocenters. The van der Waals surface area contributed by atoms with E-state index in [1.165, 1.54) is 42.7 Å². The molecule has 0 rings (SSSR count). The van der Waals surface area contributed by atoms with Crippen molar-refractivity contribution in [2.45, 2.75) is 84.2 Å². The molecule has 0 aliphatic rings. The third kappa shape index (κ3) is 24.0. The number of hydrogen-bond donors (Lipinski definition) is 0. The van der Waals surface area contributed by atoms with E-state index in [0.717, 1.165) is 27.1 Å². The second-order valence-electron chi connectivity index (χ2n) is 5.61. The van der Waals surface area contributed by atoms with Gasteiger partial charge in [0.25, 0.3) is 0 Å². The predicted molar refractivity (Wildman–Crippen MR) is 81.6 cm³/mol. The topological polar surface area (TPSA) is 0 Å².